The molecule has 0 aliphatic rings. The van der Waals surface area contributed by atoms with Crippen molar-refractivity contribution in [1.29, 1.82) is 0 Å². The lowest BCUT2D eigenvalue weighted by Crippen LogP contribution is -2.32. The van der Waals surface area contributed by atoms with Crippen molar-refractivity contribution >= 4 is 54.2 Å². The normalized spacial score (nSPS) is 11.9. The van der Waals surface area contributed by atoms with Gasteiger partial charge in [-0.15, -0.1) is 0 Å². The Kier molecular flexibility index (Phi) is 8.14. The van der Waals surface area contributed by atoms with Crippen molar-refractivity contribution in [3.8, 4) is 0 Å². The van der Waals surface area contributed by atoms with Gasteiger partial charge in [-0.05, 0) is 67.4 Å². The van der Waals surface area contributed by atoms with Crippen LogP contribution in [0.25, 0.3) is 10.2 Å². The van der Waals surface area contributed by atoms with Gasteiger partial charge in [-0.1, -0.05) is 43.2 Å². The zero-order chi connectivity index (χ0) is 25.9. The van der Waals surface area contributed by atoms with Gasteiger partial charge in [0, 0.05) is 23.7 Å². The maximum absolute atomic E-state index is 13.7. The van der Waals surface area contributed by atoms with Gasteiger partial charge in [0.1, 0.15) is 5.76 Å². The van der Waals surface area contributed by atoms with Gasteiger partial charge in [-0.25, -0.2) is 13.4 Å². The number of aryl methyl sites for hydroxylation is 1. The fourth-order valence-corrected chi connectivity index (χ4v) is 6.51. The Morgan fingerprint density at radius 3 is 2.50 bits per heavy atom. The van der Waals surface area contributed by atoms with Crippen LogP contribution >= 0.6 is 22.9 Å². The number of sulfonamides is 1. The number of thiazole rings is 1. The summed E-state index contributed by atoms with van der Waals surface area (Å²) in [5.41, 5.74) is 1.94. The summed E-state index contributed by atoms with van der Waals surface area (Å²) in [6, 6.07) is 13.3. The van der Waals surface area contributed by atoms with E-state index in [1.807, 2.05) is 32.9 Å². The molecule has 4 aromatic rings. The first-order chi connectivity index (χ1) is 17.3. The van der Waals surface area contributed by atoms with E-state index in [0.29, 0.717) is 34.6 Å². The summed E-state index contributed by atoms with van der Waals surface area (Å²) < 4.78 is 34.0. The molecule has 2 aromatic carbocycles. The van der Waals surface area contributed by atoms with E-state index in [-0.39, 0.29) is 17.3 Å². The summed E-state index contributed by atoms with van der Waals surface area (Å²) in [5, 5.41) is 1.12. The number of unbranched alkanes of at least 4 members (excludes halogenated alkanes) is 1. The lowest BCUT2D eigenvalue weighted by atomic mass is 10.2. The summed E-state index contributed by atoms with van der Waals surface area (Å²) in [5.74, 6) is 0.294. The van der Waals surface area contributed by atoms with Crippen LogP contribution in [-0.4, -0.2) is 36.7 Å². The third kappa shape index (κ3) is 5.34. The van der Waals surface area contributed by atoms with E-state index >= 15 is 0 Å². The van der Waals surface area contributed by atoms with E-state index in [9.17, 15) is 13.2 Å². The monoisotopic (exact) mass is 545 g/mol. The number of hydrogen-bond acceptors (Lipinski definition) is 6. The molecule has 36 heavy (non-hydrogen) atoms. The second kappa shape index (κ2) is 11.1. The highest BCUT2D eigenvalue weighted by molar-refractivity contribution is 7.89. The smallest absolute Gasteiger partial charge is 0.260 e. The second-order valence-electron chi connectivity index (χ2n) is 8.36. The van der Waals surface area contributed by atoms with Crippen LogP contribution in [-0.2, 0) is 16.6 Å². The van der Waals surface area contributed by atoms with Crippen molar-refractivity contribution in [2.45, 2.75) is 45.1 Å². The standard InChI is InChI=1S/C26H28ClN3O4S2/c1-4-6-15-29(5-2)36(32,33)21-11-9-19(10-12-21)25(31)30(17-20-8-7-16-34-20)26-28-24-18(3)22(27)13-14-23(24)35-26/h7-14,16H,4-6,15,17H2,1-3H3. The molecule has 4 rings (SSSR count). The molecule has 0 fully saturated rings. The fraction of sp³-hybridized carbons (Fsp3) is 0.308. The maximum atomic E-state index is 13.7. The second-order valence-corrected chi connectivity index (χ2v) is 11.7. The molecule has 1 amide bonds. The molecule has 0 bridgehead atoms. The first kappa shape index (κ1) is 26.3. The Morgan fingerprint density at radius 1 is 1.11 bits per heavy atom. The van der Waals surface area contributed by atoms with Crippen LogP contribution in [0.1, 0.15) is 48.4 Å². The highest BCUT2D eigenvalue weighted by Gasteiger charge is 2.26. The van der Waals surface area contributed by atoms with Crippen molar-refractivity contribution in [2.75, 3.05) is 18.0 Å². The Balaban J connectivity index is 1.67. The number of halogens is 1. The number of carbonyl (C=O) groups excluding carboxylic acids is 1. The van der Waals surface area contributed by atoms with E-state index in [1.165, 1.54) is 27.8 Å². The predicted octanol–water partition coefficient (Wildman–Crippen LogP) is 6.51. The van der Waals surface area contributed by atoms with E-state index in [0.717, 1.165) is 28.6 Å². The lowest BCUT2D eigenvalue weighted by molar-refractivity contribution is 0.0983. The predicted molar refractivity (Wildman–Crippen MR) is 144 cm³/mol. The van der Waals surface area contributed by atoms with E-state index in [1.54, 1.807) is 35.4 Å². The van der Waals surface area contributed by atoms with Crippen molar-refractivity contribution in [3.63, 3.8) is 0 Å². The van der Waals surface area contributed by atoms with Gasteiger partial charge in [-0.3, -0.25) is 9.69 Å². The van der Waals surface area contributed by atoms with Gasteiger partial charge in [0.25, 0.3) is 5.91 Å². The number of rotatable bonds is 10. The number of nitrogens with zero attached hydrogens (tertiary/aromatic N) is 3. The zero-order valence-corrected chi connectivity index (χ0v) is 22.8. The number of aromatic nitrogens is 1. The van der Waals surface area contributed by atoms with Crippen molar-refractivity contribution in [1.82, 2.24) is 9.29 Å². The van der Waals surface area contributed by atoms with E-state index < -0.39 is 10.0 Å². The number of benzene rings is 2. The van der Waals surface area contributed by atoms with Crippen molar-refractivity contribution in [2.24, 2.45) is 0 Å². The minimum absolute atomic E-state index is 0.167. The van der Waals surface area contributed by atoms with Crippen LogP contribution < -0.4 is 4.90 Å². The highest BCUT2D eigenvalue weighted by Crippen LogP contribution is 2.35. The lowest BCUT2D eigenvalue weighted by Gasteiger charge is -2.21. The Bertz CT molecular complexity index is 1450. The third-order valence-corrected chi connectivity index (χ3v) is 9.40. The Morgan fingerprint density at radius 2 is 1.86 bits per heavy atom. The summed E-state index contributed by atoms with van der Waals surface area (Å²) >= 11 is 7.66. The molecule has 0 atom stereocenters. The maximum Gasteiger partial charge on any atom is 0.260 e. The van der Waals surface area contributed by atoms with E-state index in [4.69, 9.17) is 21.0 Å². The molecule has 0 spiro atoms. The molecule has 2 heterocycles. The number of hydrogen-bond donors (Lipinski definition) is 0. The first-order valence-corrected chi connectivity index (χ1v) is 14.4. The molecule has 2 aromatic heterocycles. The number of amides is 1. The van der Waals surface area contributed by atoms with E-state index in [2.05, 4.69) is 0 Å². The molecule has 7 nitrogen and oxygen atoms in total. The first-order valence-electron chi connectivity index (χ1n) is 11.8. The average molecular weight is 546 g/mol. The Labute approximate surface area is 220 Å². The number of anilines is 1. The molecule has 0 aliphatic carbocycles. The minimum Gasteiger partial charge on any atom is -0.467 e. The fourth-order valence-electron chi connectivity index (χ4n) is 3.85. The molecular formula is C26H28ClN3O4S2. The minimum atomic E-state index is -3.63. The zero-order valence-electron chi connectivity index (χ0n) is 20.4. The molecule has 0 aliphatic heterocycles. The molecule has 0 saturated heterocycles. The SMILES string of the molecule is CCCCN(CC)S(=O)(=O)c1ccc(C(=O)N(Cc2ccco2)c2nc3c(C)c(Cl)ccc3s2)cc1. The molecule has 10 heteroatoms. The van der Waals surface area contributed by atoms with Crippen LogP contribution in [0.5, 0.6) is 0 Å². The third-order valence-electron chi connectivity index (χ3n) is 5.96. The number of furan rings is 1. The molecule has 0 N–H and O–H groups in total. The van der Waals surface area contributed by atoms with Gasteiger partial charge in [0.05, 0.1) is 27.9 Å². The molecule has 190 valence electrons. The summed E-state index contributed by atoms with van der Waals surface area (Å²) in [6.45, 7) is 6.78. The Hall–Kier alpha value is -2.72. The van der Waals surface area contributed by atoms with Gasteiger partial charge in [0.15, 0.2) is 5.13 Å². The highest BCUT2D eigenvalue weighted by atomic mass is 35.5. The van der Waals surface area contributed by atoms with Crippen molar-refractivity contribution in [3.05, 3.63) is 76.7 Å². The molecule has 0 saturated carbocycles. The van der Waals surface area contributed by atoms with Gasteiger partial charge < -0.3 is 4.42 Å². The topological polar surface area (TPSA) is 83.7 Å². The van der Waals surface area contributed by atoms with Crippen LogP contribution in [0.3, 0.4) is 0 Å². The quantitative estimate of drug-likeness (QED) is 0.227. The van der Waals surface area contributed by atoms with Gasteiger partial charge in [0.2, 0.25) is 10.0 Å². The van der Waals surface area contributed by atoms with Crippen LogP contribution in [0.15, 0.2) is 64.1 Å². The molecular weight excluding hydrogens is 518 g/mol. The molecule has 0 radical (unpaired) electrons. The summed E-state index contributed by atoms with van der Waals surface area (Å²) in [6.07, 6.45) is 3.25. The average Bonchev–Trinajstić information content (AvgIpc) is 3.55. The van der Waals surface area contributed by atoms with Gasteiger partial charge in [-0.2, -0.15) is 4.31 Å². The summed E-state index contributed by atoms with van der Waals surface area (Å²) in [4.78, 5) is 20.1. The van der Waals surface area contributed by atoms with Crippen LogP contribution in [0, 0.1) is 6.92 Å². The molecule has 0 unspecified atom stereocenters. The van der Waals surface area contributed by atoms with Crippen molar-refractivity contribution < 1.29 is 17.6 Å². The van der Waals surface area contributed by atoms with Crippen LogP contribution in [0.2, 0.25) is 5.02 Å². The number of fused-ring (bicyclic) bond motifs is 1. The van der Waals surface area contributed by atoms with Crippen LogP contribution in [0.4, 0.5) is 5.13 Å². The number of carbonyl (C=O) groups is 1. The largest absolute Gasteiger partial charge is 0.467 e. The van der Waals surface area contributed by atoms with Gasteiger partial charge >= 0.3 is 0 Å². The summed E-state index contributed by atoms with van der Waals surface area (Å²) in [7, 11) is -3.63.